The Balaban J connectivity index is 3.66. The van der Waals surface area contributed by atoms with Crippen molar-refractivity contribution in [3.05, 3.63) is 12.2 Å². The maximum absolute atomic E-state index is 12.6. The van der Waals surface area contributed by atoms with Gasteiger partial charge in [0.2, 0.25) is 0 Å². The van der Waals surface area contributed by atoms with Crippen LogP contribution in [0.3, 0.4) is 0 Å². The lowest BCUT2D eigenvalue weighted by Crippen LogP contribution is -2.29. The van der Waals surface area contributed by atoms with E-state index in [0.29, 0.717) is 6.42 Å². The first kappa shape index (κ1) is 64.8. The van der Waals surface area contributed by atoms with Gasteiger partial charge in [-0.2, -0.15) is 0 Å². The zero-order chi connectivity index (χ0) is 48.1. The van der Waals surface area contributed by atoms with Crippen LogP contribution < -0.4 is 5.73 Å². The summed E-state index contributed by atoms with van der Waals surface area (Å²) in [5.41, 5.74) is 5.35. The van der Waals surface area contributed by atoms with Crippen LogP contribution in [0.1, 0.15) is 303 Å². The van der Waals surface area contributed by atoms with E-state index in [-0.39, 0.29) is 38.6 Å². The Bertz CT molecular complexity index is 1090. The molecular weight excluding hydrogens is 846 g/mol. The van der Waals surface area contributed by atoms with E-state index in [1.807, 2.05) is 0 Å². The molecule has 0 aromatic rings. The van der Waals surface area contributed by atoms with Gasteiger partial charge in [0.15, 0.2) is 6.10 Å². The number of rotatable bonds is 55. The van der Waals surface area contributed by atoms with Gasteiger partial charge in [-0.15, -0.1) is 0 Å². The lowest BCUT2D eigenvalue weighted by Gasteiger charge is -2.19. The van der Waals surface area contributed by atoms with Gasteiger partial charge in [0.05, 0.1) is 13.2 Å². The Hall–Kier alpha value is -1.25. The SMILES string of the molecule is CCCCCCCCCC/C=C\CCCCCCCCCCCCCCCCCCCCCCCCCCCC(=O)OC(COC(=O)CCCCCCCCCC)COP(=O)(O)OCCN. The van der Waals surface area contributed by atoms with Crippen molar-refractivity contribution in [2.24, 2.45) is 5.73 Å². The topological polar surface area (TPSA) is 134 Å². The molecule has 0 amide bonds. The van der Waals surface area contributed by atoms with Crippen LogP contribution in [-0.2, 0) is 32.7 Å². The molecule has 0 aromatic carbocycles. The third-order valence-corrected chi connectivity index (χ3v) is 13.9. The number of carbonyl (C=O) groups is 2. The fraction of sp³-hybridized carbons (Fsp3) is 0.929. The minimum absolute atomic E-state index is 0.0573. The van der Waals surface area contributed by atoms with Crippen molar-refractivity contribution in [3.8, 4) is 0 Å². The van der Waals surface area contributed by atoms with Crippen LogP contribution in [0.4, 0.5) is 0 Å². The lowest BCUT2D eigenvalue weighted by atomic mass is 10.0. The quantitative estimate of drug-likeness (QED) is 0.0264. The van der Waals surface area contributed by atoms with Crippen molar-refractivity contribution >= 4 is 19.8 Å². The van der Waals surface area contributed by atoms with Gasteiger partial charge in [0.1, 0.15) is 6.61 Å². The van der Waals surface area contributed by atoms with E-state index in [4.69, 9.17) is 24.3 Å². The molecule has 9 nitrogen and oxygen atoms in total. The number of esters is 2. The zero-order valence-electron chi connectivity index (χ0n) is 43.7. The number of ether oxygens (including phenoxy) is 2. The van der Waals surface area contributed by atoms with Crippen molar-refractivity contribution in [2.45, 2.75) is 309 Å². The highest BCUT2D eigenvalue weighted by molar-refractivity contribution is 7.47. The standard InChI is InChI=1S/C56H110NO8P/c1-3-5-7-9-11-13-14-15-16-17-18-19-20-21-22-23-24-25-26-27-28-29-30-31-32-33-34-35-36-37-38-39-40-41-43-45-47-49-56(59)65-54(53-64-66(60,61)63-51-50-57)52-62-55(58)48-46-44-42-12-10-8-6-4-2/h17-18,54H,3-16,19-53,57H2,1-2H3,(H,60,61)/b18-17-. The molecule has 0 aromatic heterocycles. The van der Waals surface area contributed by atoms with Gasteiger partial charge in [0.25, 0.3) is 0 Å². The van der Waals surface area contributed by atoms with E-state index >= 15 is 0 Å². The van der Waals surface area contributed by atoms with E-state index in [2.05, 4.69) is 26.0 Å². The summed E-state index contributed by atoms with van der Waals surface area (Å²) >= 11 is 0. The van der Waals surface area contributed by atoms with E-state index < -0.39 is 26.5 Å². The Morgan fingerprint density at radius 1 is 0.439 bits per heavy atom. The second-order valence-electron chi connectivity index (χ2n) is 19.5. The molecule has 0 heterocycles. The van der Waals surface area contributed by atoms with Crippen LogP contribution in [-0.4, -0.2) is 49.3 Å². The van der Waals surface area contributed by atoms with Gasteiger partial charge in [0, 0.05) is 19.4 Å². The van der Waals surface area contributed by atoms with Gasteiger partial charge >= 0.3 is 19.8 Å². The third kappa shape index (κ3) is 52.1. The van der Waals surface area contributed by atoms with Crippen LogP contribution in [0.5, 0.6) is 0 Å². The maximum Gasteiger partial charge on any atom is 0.472 e. The number of nitrogens with two attached hydrogens (primary N) is 1. The van der Waals surface area contributed by atoms with E-state index in [1.165, 1.54) is 238 Å². The maximum atomic E-state index is 12.6. The summed E-state index contributed by atoms with van der Waals surface area (Å²) in [6.07, 6.45) is 60.4. The molecule has 0 saturated heterocycles. The Labute approximate surface area is 409 Å². The number of unbranched alkanes of at least 4 members (excludes halogenated alkanes) is 40. The summed E-state index contributed by atoms with van der Waals surface area (Å²) in [6.45, 7) is 3.74. The van der Waals surface area contributed by atoms with Crippen LogP contribution in [0, 0.1) is 0 Å². The Morgan fingerprint density at radius 3 is 1.08 bits per heavy atom. The third-order valence-electron chi connectivity index (χ3n) is 12.9. The minimum atomic E-state index is -4.37. The first-order valence-electron chi connectivity index (χ1n) is 28.7. The van der Waals surface area contributed by atoms with Gasteiger partial charge < -0.3 is 20.1 Å². The first-order valence-corrected chi connectivity index (χ1v) is 30.2. The monoisotopic (exact) mass is 956 g/mol. The van der Waals surface area contributed by atoms with Crippen LogP contribution in [0.25, 0.3) is 0 Å². The molecule has 392 valence electrons. The molecule has 66 heavy (non-hydrogen) atoms. The molecule has 0 radical (unpaired) electrons. The molecular formula is C56H110NO8P. The smallest absolute Gasteiger partial charge is 0.462 e. The molecule has 0 fully saturated rings. The van der Waals surface area contributed by atoms with Crippen molar-refractivity contribution in [2.75, 3.05) is 26.4 Å². The van der Waals surface area contributed by atoms with E-state index in [0.717, 1.165) is 32.1 Å². The summed E-state index contributed by atoms with van der Waals surface area (Å²) in [4.78, 5) is 34.8. The molecule has 3 N–H and O–H groups in total. The fourth-order valence-corrected chi connectivity index (χ4v) is 9.40. The molecule has 0 rings (SSSR count). The molecule has 0 bridgehead atoms. The first-order chi connectivity index (χ1) is 32.3. The average Bonchev–Trinajstić information content (AvgIpc) is 3.31. The van der Waals surface area contributed by atoms with Gasteiger partial charge in [-0.1, -0.05) is 264 Å². The number of allylic oxidation sites excluding steroid dienone is 2. The van der Waals surface area contributed by atoms with E-state index in [1.54, 1.807) is 0 Å². The lowest BCUT2D eigenvalue weighted by molar-refractivity contribution is -0.161. The normalized spacial score (nSPS) is 13.1. The van der Waals surface area contributed by atoms with Gasteiger partial charge in [-0.3, -0.25) is 18.6 Å². The highest BCUT2D eigenvalue weighted by Gasteiger charge is 2.26. The molecule has 0 aliphatic carbocycles. The molecule has 10 heteroatoms. The van der Waals surface area contributed by atoms with Crippen molar-refractivity contribution in [1.82, 2.24) is 0 Å². The van der Waals surface area contributed by atoms with Crippen LogP contribution in [0.15, 0.2) is 12.2 Å². The molecule has 2 unspecified atom stereocenters. The van der Waals surface area contributed by atoms with Crippen molar-refractivity contribution in [3.63, 3.8) is 0 Å². The molecule has 2 atom stereocenters. The van der Waals surface area contributed by atoms with Crippen molar-refractivity contribution in [1.29, 1.82) is 0 Å². The highest BCUT2D eigenvalue weighted by Crippen LogP contribution is 2.43. The number of carbonyl (C=O) groups excluding carboxylic acids is 2. The summed E-state index contributed by atoms with van der Waals surface area (Å²) in [5.74, 6) is -0.817. The predicted molar refractivity (Wildman–Crippen MR) is 280 cm³/mol. The Morgan fingerprint density at radius 2 is 0.742 bits per heavy atom. The summed E-state index contributed by atoms with van der Waals surface area (Å²) in [5, 5.41) is 0. The summed E-state index contributed by atoms with van der Waals surface area (Å²) in [6, 6.07) is 0. The summed E-state index contributed by atoms with van der Waals surface area (Å²) < 4.78 is 32.8. The van der Waals surface area contributed by atoms with Crippen molar-refractivity contribution < 1.29 is 37.6 Å². The second-order valence-corrected chi connectivity index (χ2v) is 21.0. The zero-order valence-corrected chi connectivity index (χ0v) is 44.6. The molecule has 0 aliphatic heterocycles. The Kier molecular flexibility index (Phi) is 52.1. The largest absolute Gasteiger partial charge is 0.472 e. The molecule has 0 saturated carbocycles. The predicted octanol–water partition coefficient (Wildman–Crippen LogP) is 17.7. The van der Waals surface area contributed by atoms with Crippen LogP contribution >= 0.6 is 7.82 Å². The number of phosphoric ester groups is 1. The number of phosphoric acid groups is 1. The van der Waals surface area contributed by atoms with Gasteiger partial charge in [-0.25, -0.2) is 4.57 Å². The number of hydrogen-bond donors (Lipinski definition) is 2. The van der Waals surface area contributed by atoms with Crippen LogP contribution in [0.2, 0.25) is 0 Å². The summed E-state index contributed by atoms with van der Waals surface area (Å²) in [7, 11) is -4.37. The average molecular weight is 956 g/mol. The molecule has 0 aliphatic rings. The fourth-order valence-electron chi connectivity index (χ4n) is 8.63. The number of hydrogen-bond acceptors (Lipinski definition) is 8. The highest BCUT2D eigenvalue weighted by atomic mass is 31.2. The van der Waals surface area contributed by atoms with E-state index in [9.17, 15) is 19.0 Å². The minimum Gasteiger partial charge on any atom is -0.462 e. The van der Waals surface area contributed by atoms with Gasteiger partial charge in [-0.05, 0) is 38.5 Å². The second kappa shape index (κ2) is 53.1. The molecule has 0 spiro atoms.